The number of para-hydroxylation sites is 1. The number of fused-ring (bicyclic) bond motifs is 1. The zero-order valence-corrected chi connectivity index (χ0v) is 15.8. The van der Waals surface area contributed by atoms with Crippen LogP contribution in [0.25, 0.3) is 10.9 Å². The van der Waals surface area contributed by atoms with Crippen LogP contribution < -0.4 is 5.32 Å². The lowest BCUT2D eigenvalue weighted by molar-refractivity contribution is 0.0929. The number of benzene rings is 2. The maximum absolute atomic E-state index is 13.7. The van der Waals surface area contributed by atoms with Gasteiger partial charge < -0.3 is 5.32 Å². The van der Waals surface area contributed by atoms with Crippen LogP contribution in [0.1, 0.15) is 40.9 Å². The van der Waals surface area contributed by atoms with Gasteiger partial charge in [0.2, 0.25) is 0 Å². The average molecular weight is 371 g/mol. The summed E-state index contributed by atoms with van der Waals surface area (Å²) in [6, 6.07) is 13.7. The fraction of sp³-hybridized carbons (Fsp3) is 0.174. The Hall–Kier alpha value is -3.70. The molecule has 138 valence electrons. The van der Waals surface area contributed by atoms with Crippen molar-refractivity contribution in [3.63, 3.8) is 0 Å². The van der Waals surface area contributed by atoms with Crippen molar-refractivity contribution >= 4 is 16.8 Å². The molecule has 0 aliphatic rings. The number of carbonyl (C=O) groups excluding carboxylic acids is 1. The van der Waals surface area contributed by atoms with Crippen molar-refractivity contribution in [1.29, 1.82) is 5.26 Å². The number of nitrogens with zero attached hydrogens (tertiary/aromatic N) is 2. The Balaban J connectivity index is 1.84. The second-order valence-electron chi connectivity index (χ2n) is 7.03. The highest BCUT2D eigenvalue weighted by Crippen LogP contribution is 2.17. The van der Waals surface area contributed by atoms with Gasteiger partial charge in [-0.2, -0.15) is 5.26 Å². The fourth-order valence-corrected chi connectivity index (χ4v) is 2.72. The van der Waals surface area contributed by atoms with Gasteiger partial charge in [-0.25, -0.2) is 4.39 Å². The number of aryl methyl sites for hydroxylation is 1. The third-order valence-electron chi connectivity index (χ3n) is 4.16. The van der Waals surface area contributed by atoms with E-state index in [-0.39, 0.29) is 11.4 Å². The Kier molecular flexibility index (Phi) is 5.11. The van der Waals surface area contributed by atoms with Crippen LogP contribution in [0.4, 0.5) is 4.39 Å². The van der Waals surface area contributed by atoms with Crippen molar-refractivity contribution in [2.45, 2.75) is 26.3 Å². The van der Waals surface area contributed by atoms with Gasteiger partial charge in [0.25, 0.3) is 5.91 Å². The van der Waals surface area contributed by atoms with E-state index in [1.165, 1.54) is 12.3 Å². The summed E-state index contributed by atoms with van der Waals surface area (Å²) in [6.45, 7) is 5.47. The summed E-state index contributed by atoms with van der Waals surface area (Å²) < 4.78 is 13.7. The first-order chi connectivity index (χ1) is 13.3. The summed E-state index contributed by atoms with van der Waals surface area (Å²) in [5.41, 5.74) is 1.81. The lowest BCUT2D eigenvalue weighted by atomic mass is 10.0. The standard InChI is InChI=1S/C23H18FN3O/c1-15-7-8-18(13-25)16(11-15)9-10-23(2,3)27-22(28)19-12-17-5-4-6-20(24)21(17)26-14-19/h4-8,11-12,14H,1-3H3,(H,27,28). The Labute approximate surface area is 163 Å². The van der Waals surface area contributed by atoms with Gasteiger partial charge in [0.05, 0.1) is 16.7 Å². The molecule has 0 aliphatic heterocycles. The Morgan fingerprint density at radius 1 is 1.18 bits per heavy atom. The number of hydrogen-bond donors (Lipinski definition) is 1. The summed E-state index contributed by atoms with van der Waals surface area (Å²) in [4.78, 5) is 16.7. The average Bonchev–Trinajstić information content (AvgIpc) is 2.66. The Morgan fingerprint density at radius 3 is 2.71 bits per heavy atom. The maximum atomic E-state index is 13.7. The van der Waals surface area contributed by atoms with Gasteiger partial charge in [-0.05, 0) is 50.6 Å². The molecule has 3 aromatic rings. The van der Waals surface area contributed by atoms with E-state index < -0.39 is 11.4 Å². The van der Waals surface area contributed by atoms with Crippen molar-refractivity contribution in [2.75, 3.05) is 0 Å². The zero-order chi connectivity index (χ0) is 20.3. The first kappa shape index (κ1) is 19.1. The van der Waals surface area contributed by atoms with E-state index in [0.29, 0.717) is 22.1 Å². The van der Waals surface area contributed by atoms with Crippen LogP contribution in [-0.4, -0.2) is 16.4 Å². The van der Waals surface area contributed by atoms with Gasteiger partial charge in [-0.3, -0.25) is 9.78 Å². The highest BCUT2D eigenvalue weighted by atomic mass is 19.1. The van der Waals surface area contributed by atoms with E-state index in [4.69, 9.17) is 0 Å². The molecule has 1 N–H and O–H groups in total. The number of pyridine rings is 1. The summed E-state index contributed by atoms with van der Waals surface area (Å²) >= 11 is 0. The molecule has 0 spiro atoms. The van der Waals surface area contributed by atoms with Crippen molar-refractivity contribution in [2.24, 2.45) is 0 Å². The molecule has 0 unspecified atom stereocenters. The van der Waals surface area contributed by atoms with E-state index in [1.807, 2.05) is 19.1 Å². The van der Waals surface area contributed by atoms with E-state index >= 15 is 0 Å². The summed E-state index contributed by atoms with van der Waals surface area (Å²) in [5.74, 6) is 5.21. The number of halogens is 1. The molecule has 0 atom stereocenters. The molecule has 1 heterocycles. The molecule has 4 nitrogen and oxygen atoms in total. The van der Waals surface area contributed by atoms with Gasteiger partial charge in [-0.15, -0.1) is 0 Å². The third-order valence-corrected chi connectivity index (χ3v) is 4.16. The summed E-state index contributed by atoms with van der Waals surface area (Å²) in [7, 11) is 0. The summed E-state index contributed by atoms with van der Waals surface area (Å²) in [6.07, 6.45) is 1.35. The van der Waals surface area contributed by atoms with Gasteiger partial charge in [-0.1, -0.05) is 30.0 Å². The molecular formula is C23H18FN3O. The molecule has 0 aliphatic carbocycles. The first-order valence-electron chi connectivity index (χ1n) is 8.70. The molecule has 28 heavy (non-hydrogen) atoms. The molecule has 5 heteroatoms. The topological polar surface area (TPSA) is 65.8 Å². The fourth-order valence-electron chi connectivity index (χ4n) is 2.72. The molecule has 1 amide bonds. The minimum Gasteiger partial charge on any atom is -0.336 e. The predicted molar refractivity (Wildman–Crippen MR) is 106 cm³/mol. The van der Waals surface area contributed by atoms with E-state index in [0.717, 1.165) is 5.56 Å². The molecule has 0 fully saturated rings. The van der Waals surface area contributed by atoms with Crippen LogP contribution in [0.5, 0.6) is 0 Å². The van der Waals surface area contributed by atoms with Gasteiger partial charge >= 0.3 is 0 Å². The van der Waals surface area contributed by atoms with Crippen molar-refractivity contribution in [3.8, 4) is 17.9 Å². The number of aromatic nitrogens is 1. The lowest BCUT2D eigenvalue weighted by Crippen LogP contribution is -2.42. The molecule has 0 bridgehead atoms. The molecular weight excluding hydrogens is 353 g/mol. The predicted octanol–water partition coefficient (Wildman–Crippen LogP) is 4.11. The van der Waals surface area contributed by atoms with Crippen LogP contribution in [0.3, 0.4) is 0 Å². The van der Waals surface area contributed by atoms with Gasteiger partial charge in [0, 0.05) is 17.1 Å². The third kappa shape index (κ3) is 4.16. The van der Waals surface area contributed by atoms with Crippen LogP contribution >= 0.6 is 0 Å². The smallest absolute Gasteiger partial charge is 0.254 e. The highest BCUT2D eigenvalue weighted by molar-refractivity contribution is 5.97. The summed E-state index contributed by atoms with van der Waals surface area (Å²) in [5, 5.41) is 12.6. The zero-order valence-electron chi connectivity index (χ0n) is 15.8. The van der Waals surface area contributed by atoms with Crippen LogP contribution in [0.15, 0.2) is 48.7 Å². The van der Waals surface area contributed by atoms with Crippen molar-refractivity contribution in [1.82, 2.24) is 10.3 Å². The van der Waals surface area contributed by atoms with Crippen molar-refractivity contribution in [3.05, 3.63) is 76.7 Å². The van der Waals surface area contributed by atoms with E-state index in [9.17, 15) is 14.4 Å². The molecule has 0 saturated carbocycles. The van der Waals surface area contributed by atoms with E-state index in [1.54, 1.807) is 38.1 Å². The second-order valence-corrected chi connectivity index (χ2v) is 7.03. The number of carbonyl (C=O) groups is 1. The number of amides is 1. The van der Waals surface area contributed by atoms with Gasteiger partial charge in [0.15, 0.2) is 0 Å². The molecule has 0 radical (unpaired) electrons. The van der Waals surface area contributed by atoms with E-state index in [2.05, 4.69) is 28.2 Å². The van der Waals surface area contributed by atoms with Crippen LogP contribution in [-0.2, 0) is 0 Å². The minimum atomic E-state index is -0.843. The SMILES string of the molecule is Cc1ccc(C#N)c(C#CC(C)(C)NC(=O)c2cnc3c(F)cccc3c2)c1. The highest BCUT2D eigenvalue weighted by Gasteiger charge is 2.19. The first-order valence-corrected chi connectivity index (χ1v) is 8.70. The quantitative estimate of drug-likeness (QED) is 0.689. The molecule has 3 rings (SSSR count). The maximum Gasteiger partial charge on any atom is 0.254 e. The second kappa shape index (κ2) is 7.50. The number of hydrogen-bond acceptors (Lipinski definition) is 3. The van der Waals surface area contributed by atoms with Crippen LogP contribution in [0.2, 0.25) is 0 Å². The van der Waals surface area contributed by atoms with Crippen LogP contribution in [0, 0.1) is 35.9 Å². The van der Waals surface area contributed by atoms with Gasteiger partial charge in [0.1, 0.15) is 17.4 Å². The molecule has 0 saturated heterocycles. The van der Waals surface area contributed by atoms with Crippen molar-refractivity contribution < 1.29 is 9.18 Å². The molecule has 2 aromatic carbocycles. The monoisotopic (exact) mass is 371 g/mol. The minimum absolute atomic E-state index is 0.224. The number of rotatable bonds is 2. The number of nitriles is 1. The largest absolute Gasteiger partial charge is 0.336 e. The number of nitrogens with one attached hydrogen (secondary N) is 1. The lowest BCUT2D eigenvalue weighted by Gasteiger charge is -2.20. The Morgan fingerprint density at radius 2 is 1.96 bits per heavy atom. The molecule has 1 aromatic heterocycles. The normalized spacial score (nSPS) is 10.7. The Bertz CT molecular complexity index is 1180.